The zero-order chi connectivity index (χ0) is 20.0. The first kappa shape index (κ1) is 18.2. The number of carbonyl (C=O) groups excluding carboxylic acids is 1. The first-order valence-electron chi connectivity index (χ1n) is 9.27. The molecule has 0 unspecified atom stereocenters. The van der Waals surface area contributed by atoms with E-state index < -0.39 is 6.23 Å². The molecule has 2 aliphatic heterocycles. The van der Waals surface area contributed by atoms with Crippen LogP contribution < -0.4 is 4.74 Å². The molecule has 5 rings (SSSR count). The number of ketones is 1. The van der Waals surface area contributed by atoms with Gasteiger partial charge in [0, 0.05) is 27.6 Å². The molecule has 2 aliphatic rings. The van der Waals surface area contributed by atoms with Gasteiger partial charge in [0.05, 0.1) is 11.8 Å². The minimum absolute atomic E-state index is 0.117. The van der Waals surface area contributed by atoms with Gasteiger partial charge in [-0.25, -0.2) is 5.01 Å². The summed E-state index contributed by atoms with van der Waals surface area (Å²) in [5.41, 5.74) is 3.41. The maximum Gasteiger partial charge on any atom is 0.251 e. The molecule has 0 aromatic heterocycles. The lowest BCUT2D eigenvalue weighted by Crippen LogP contribution is -2.45. The number of ether oxygens (including phenoxy) is 1. The van der Waals surface area contributed by atoms with E-state index in [2.05, 4.69) is 0 Å². The Morgan fingerprint density at radius 2 is 1.69 bits per heavy atom. The quantitative estimate of drug-likeness (QED) is 0.504. The van der Waals surface area contributed by atoms with Gasteiger partial charge in [-0.2, -0.15) is 5.10 Å². The van der Waals surface area contributed by atoms with Crippen molar-refractivity contribution in [2.24, 2.45) is 5.10 Å². The summed E-state index contributed by atoms with van der Waals surface area (Å²) >= 11 is 12.2. The zero-order valence-corrected chi connectivity index (χ0v) is 16.8. The second-order valence-electron chi connectivity index (χ2n) is 7.04. The smallest absolute Gasteiger partial charge is 0.251 e. The van der Waals surface area contributed by atoms with E-state index in [-0.39, 0.29) is 11.8 Å². The van der Waals surface area contributed by atoms with E-state index in [0.717, 1.165) is 16.8 Å². The molecule has 29 heavy (non-hydrogen) atoms. The van der Waals surface area contributed by atoms with E-state index in [0.29, 0.717) is 27.8 Å². The van der Waals surface area contributed by atoms with Gasteiger partial charge >= 0.3 is 0 Å². The molecule has 2 atom stereocenters. The number of benzene rings is 3. The first-order chi connectivity index (χ1) is 14.1. The van der Waals surface area contributed by atoms with Crippen molar-refractivity contribution < 1.29 is 9.53 Å². The van der Waals surface area contributed by atoms with Gasteiger partial charge in [-0.1, -0.05) is 53.5 Å². The Kier molecular flexibility index (Phi) is 4.53. The fourth-order valence-electron chi connectivity index (χ4n) is 3.79. The highest BCUT2D eigenvalue weighted by atomic mass is 35.5. The Bertz CT molecular complexity index is 1110. The molecule has 0 aliphatic carbocycles. The van der Waals surface area contributed by atoms with Gasteiger partial charge in [-0.05, 0) is 48.0 Å². The van der Waals surface area contributed by atoms with Crippen LogP contribution in [-0.4, -0.2) is 22.7 Å². The van der Waals surface area contributed by atoms with Crippen LogP contribution in [0.1, 0.15) is 33.9 Å². The van der Waals surface area contributed by atoms with Crippen LogP contribution >= 0.6 is 23.2 Å². The summed E-state index contributed by atoms with van der Waals surface area (Å²) in [7, 11) is 0. The fourth-order valence-corrected chi connectivity index (χ4v) is 4.10. The molecule has 2 heterocycles. The van der Waals surface area contributed by atoms with Crippen LogP contribution in [-0.2, 0) is 0 Å². The third-order valence-corrected chi connectivity index (χ3v) is 5.70. The van der Waals surface area contributed by atoms with Gasteiger partial charge in [0.25, 0.3) is 6.23 Å². The predicted molar refractivity (Wildman–Crippen MR) is 114 cm³/mol. The largest absolute Gasteiger partial charge is 0.461 e. The van der Waals surface area contributed by atoms with Crippen LogP contribution in [0.3, 0.4) is 0 Å². The highest BCUT2D eigenvalue weighted by molar-refractivity contribution is 6.31. The van der Waals surface area contributed by atoms with E-state index >= 15 is 0 Å². The van der Waals surface area contributed by atoms with Gasteiger partial charge in [-0.3, -0.25) is 4.79 Å². The molecular weight excluding hydrogens is 407 g/mol. The normalized spacial score (nSPS) is 19.8. The molecule has 0 N–H and O–H groups in total. The van der Waals surface area contributed by atoms with E-state index in [1.807, 2.05) is 42.5 Å². The van der Waals surface area contributed by atoms with Crippen LogP contribution in [0.25, 0.3) is 0 Å². The average molecular weight is 423 g/mol. The Balaban J connectivity index is 1.57. The summed E-state index contributed by atoms with van der Waals surface area (Å²) < 4.78 is 6.11. The van der Waals surface area contributed by atoms with E-state index in [1.54, 1.807) is 35.3 Å². The third-order valence-electron chi connectivity index (χ3n) is 5.21. The van der Waals surface area contributed by atoms with Gasteiger partial charge in [0.1, 0.15) is 5.75 Å². The third kappa shape index (κ3) is 3.28. The molecule has 0 amide bonds. The molecule has 0 fully saturated rings. The van der Waals surface area contributed by atoms with Crippen molar-refractivity contribution in [3.05, 3.63) is 99.5 Å². The second-order valence-corrected chi connectivity index (χ2v) is 7.91. The Hall–Kier alpha value is -2.82. The van der Waals surface area contributed by atoms with E-state index in [9.17, 15) is 4.79 Å². The lowest BCUT2D eigenvalue weighted by molar-refractivity contribution is -0.00455. The molecule has 6 heteroatoms. The minimum atomic E-state index is -0.851. The number of halogens is 2. The Morgan fingerprint density at radius 3 is 2.45 bits per heavy atom. The molecule has 3 aromatic carbocycles. The van der Waals surface area contributed by atoms with Crippen molar-refractivity contribution in [1.82, 2.24) is 5.01 Å². The molecule has 0 radical (unpaired) electrons. The van der Waals surface area contributed by atoms with Crippen molar-refractivity contribution in [3.63, 3.8) is 0 Å². The molecule has 3 aromatic rings. The monoisotopic (exact) mass is 422 g/mol. The lowest BCUT2D eigenvalue weighted by atomic mass is 9.96. The van der Waals surface area contributed by atoms with Gasteiger partial charge in [0.2, 0.25) is 5.78 Å². The van der Waals surface area contributed by atoms with Gasteiger partial charge < -0.3 is 4.74 Å². The van der Waals surface area contributed by atoms with Crippen molar-refractivity contribution in [2.75, 3.05) is 0 Å². The number of nitrogens with zero attached hydrogens (tertiary/aromatic N) is 2. The maximum absolute atomic E-state index is 13.3. The van der Waals surface area contributed by atoms with Crippen LogP contribution in [0.4, 0.5) is 0 Å². The summed E-state index contributed by atoms with van der Waals surface area (Å²) in [6.45, 7) is 0. The van der Waals surface area contributed by atoms with Crippen molar-refractivity contribution in [1.29, 1.82) is 0 Å². The topological polar surface area (TPSA) is 41.9 Å². The summed E-state index contributed by atoms with van der Waals surface area (Å²) in [5, 5.41) is 7.76. The molecule has 0 bridgehead atoms. The van der Waals surface area contributed by atoms with Crippen LogP contribution in [0.2, 0.25) is 10.0 Å². The number of hydrogen-bond acceptors (Lipinski definition) is 4. The number of hydrogen-bond donors (Lipinski definition) is 0. The summed E-state index contributed by atoms with van der Waals surface area (Å²) in [5.74, 6) is 0.498. The Morgan fingerprint density at radius 1 is 0.966 bits per heavy atom. The lowest BCUT2D eigenvalue weighted by Gasteiger charge is -2.37. The fraction of sp³-hybridized carbons (Fsp3) is 0.130. The van der Waals surface area contributed by atoms with Crippen LogP contribution in [0.5, 0.6) is 5.75 Å². The number of hydrazone groups is 1. The van der Waals surface area contributed by atoms with Crippen LogP contribution in [0.15, 0.2) is 77.9 Å². The first-order valence-corrected chi connectivity index (χ1v) is 10.0. The summed E-state index contributed by atoms with van der Waals surface area (Å²) in [6.07, 6.45) is -0.179. The maximum atomic E-state index is 13.3. The second kappa shape index (κ2) is 7.21. The minimum Gasteiger partial charge on any atom is -0.461 e. The molecule has 0 spiro atoms. The summed E-state index contributed by atoms with van der Waals surface area (Å²) in [6, 6.07) is 22.1. The molecule has 144 valence electrons. The number of rotatable bonds is 3. The Labute approximate surface area is 178 Å². The highest BCUT2D eigenvalue weighted by Gasteiger charge is 2.43. The molecular formula is C23H16Cl2N2O2. The van der Waals surface area contributed by atoms with E-state index in [4.69, 9.17) is 33.0 Å². The highest BCUT2D eigenvalue weighted by Crippen LogP contribution is 2.44. The van der Waals surface area contributed by atoms with Crippen molar-refractivity contribution >= 4 is 34.7 Å². The molecule has 0 saturated heterocycles. The number of Topliss-reactive ketones (excluding diaryl/α,β-unsaturated/α-hetero) is 1. The SMILES string of the molecule is O=C(c1ccc(Cl)cc1)[C@H]1Oc2ccc(Cl)cc2[C@@H]2CC(c3ccccc3)=NN12. The average Bonchev–Trinajstić information content (AvgIpc) is 3.20. The molecule has 4 nitrogen and oxygen atoms in total. The standard InChI is InChI=1S/C23H16Cl2N2O2/c24-16-8-6-15(7-9-16)22(28)23-27-20(18-12-17(25)10-11-21(18)29-23)13-19(26-27)14-4-2-1-3-5-14/h1-12,20,23H,13H2/t20-,23+/m0/s1. The van der Waals surface area contributed by atoms with Gasteiger partial charge in [0.15, 0.2) is 0 Å². The number of carbonyl (C=O) groups is 1. The van der Waals surface area contributed by atoms with E-state index in [1.165, 1.54) is 0 Å². The van der Waals surface area contributed by atoms with Crippen molar-refractivity contribution in [2.45, 2.75) is 18.7 Å². The predicted octanol–water partition coefficient (Wildman–Crippen LogP) is 5.75. The molecule has 0 saturated carbocycles. The zero-order valence-electron chi connectivity index (χ0n) is 15.3. The number of fused-ring (bicyclic) bond motifs is 3. The van der Waals surface area contributed by atoms with Crippen molar-refractivity contribution in [3.8, 4) is 5.75 Å². The van der Waals surface area contributed by atoms with Gasteiger partial charge in [-0.15, -0.1) is 0 Å². The summed E-state index contributed by atoms with van der Waals surface area (Å²) in [4.78, 5) is 13.3. The van der Waals surface area contributed by atoms with Crippen LogP contribution in [0, 0.1) is 0 Å².